The van der Waals surface area contributed by atoms with Crippen LogP contribution in [0.25, 0.3) is 0 Å². The molecule has 3 N–H and O–H groups in total. The predicted octanol–water partition coefficient (Wildman–Crippen LogP) is 3.63. The molecule has 0 aliphatic carbocycles. The Balaban J connectivity index is 0.00000280. The second-order valence-electron chi connectivity index (χ2n) is 6.72. The highest BCUT2D eigenvalue weighted by Crippen LogP contribution is 2.23. The van der Waals surface area contributed by atoms with E-state index in [4.69, 9.17) is 0 Å². The molecular formula is C21H26ClN3O2S. The van der Waals surface area contributed by atoms with Crippen molar-refractivity contribution in [2.45, 2.75) is 30.7 Å². The van der Waals surface area contributed by atoms with E-state index in [-0.39, 0.29) is 36.0 Å². The molecule has 5 nitrogen and oxygen atoms in total. The summed E-state index contributed by atoms with van der Waals surface area (Å²) in [6.45, 7) is 3.82. The van der Waals surface area contributed by atoms with Gasteiger partial charge in [-0.1, -0.05) is 29.8 Å². The molecule has 2 amide bonds. The van der Waals surface area contributed by atoms with Gasteiger partial charge in [0.1, 0.15) is 0 Å². The van der Waals surface area contributed by atoms with Crippen molar-refractivity contribution in [3.05, 3.63) is 59.7 Å². The van der Waals surface area contributed by atoms with Gasteiger partial charge in [0.15, 0.2) is 0 Å². The lowest BCUT2D eigenvalue weighted by Gasteiger charge is -2.24. The van der Waals surface area contributed by atoms with Gasteiger partial charge in [-0.3, -0.25) is 9.59 Å². The molecule has 1 saturated heterocycles. The summed E-state index contributed by atoms with van der Waals surface area (Å²) in [6.07, 6.45) is 2.06. The van der Waals surface area contributed by atoms with Gasteiger partial charge < -0.3 is 16.0 Å². The smallest absolute Gasteiger partial charge is 0.252 e. The van der Waals surface area contributed by atoms with Crippen LogP contribution in [0.15, 0.2) is 53.4 Å². The minimum atomic E-state index is -0.0875. The minimum absolute atomic E-state index is 0. The molecule has 0 spiro atoms. The number of nitrogens with one attached hydrogen (secondary N) is 3. The normalized spacial score (nSPS) is 16.0. The Kier molecular flexibility index (Phi) is 8.83. The van der Waals surface area contributed by atoms with Gasteiger partial charge in [0, 0.05) is 23.2 Å². The van der Waals surface area contributed by atoms with E-state index in [9.17, 15) is 9.59 Å². The maximum Gasteiger partial charge on any atom is 0.252 e. The summed E-state index contributed by atoms with van der Waals surface area (Å²) in [5, 5.41) is 9.28. The van der Waals surface area contributed by atoms with Crippen LogP contribution in [0, 0.1) is 6.92 Å². The van der Waals surface area contributed by atoms with Gasteiger partial charge in [0.05, 0.1) is 11.3 Å². The lowest BCUT2D eigenvalue weighted by molar-refractivity contribution is -0.113. The number of benzene rings is 2. The molecule has 3 rings (SSSR count). The van der Waals surface area contributed by atoms with Crippen molar-refractivity contribution in [3.8, 4) is 0 Å². The van der Waals surface area contributed by atoms with E-state index >= 15 is 0 Å². The van der Waals surface area contributed by atoms with Crippen LogP contribution in [-0.4, -0.2) is 36.7 Å². The number of amides is 2. The van der Waals surface area contributed by atoms with Gasteiger partial charge in [-0.15, -0.1) is 24.2 Å². The summed E-state index contributed by atoms with van der Waals surface area (Å²) in [7, 11) is 0. The maximum absolute atomic E-state index is 12.6. The molecule has 1 heterocycles. The standard InChI is InChI=1S/C21H25N3O2S.ClH/c1-15-8-10-16(11-9-15)23-20(25)14-27-19-7-3-2-6-18(19)21(26)24-17-5-4-12-22-13-17;/h2-3,6-11,17,22H,4-5,12-14H2,1H3,(H,23,25)(H,24,26);1H/t17-;/m0./s1. The number of carbonyl (C=O) groups is 2. The summed E-state index contributed by atoms with van der Waals surface area (Å²) in [4.78, 5) is 25.7. The van der Waals surface area contributed by atoms with Gasteiger partial charge in [0.25, 0.3) is 5.91 Å². The van der Waals surface area contributed by atoms with Crippen LogP contribution in [0.5, 0.6) is 0 Å². The fourth-order valence-corrected chi connectivity index (χ4v) is 3.85. The molecule has 0 bridgehead atoms. The first-order valence-corrected chi connectivity index (χ1v) is 10.2. The first-order valence-electron chi connectivity index (χ1n) is 9.22. The van der Waals surface area contributed by atoms with Gasteiger partial charge in [-0.25, -0.2) is 0 Å². The van der Waals surface area contributed by atoms with Crippen molar-refractivity contribution in [1.29, 1.82) is 0 Å². The molecule has 0 unspecified atom stereocenters. The Morgan fingerprint density at radius 1 is 1.14 bits per heavy atom. The lowest BCUT2D eigenvalue weighted by Crippen LogP contribution is -2.45. The summed E-state index contributed by atoms with van der Waals surface area (Å²) in [5.41, 5.74) is 2.55. The molecular weight excluding hydrogens is 394 g/mol. The Hall–Kier alpha value is -2.02. The third-order valence-electron chi connectivity index (χ3n) is 4.46. The molecule has 1 aliphatic heterocycles. The van der Waals surface area contributed by atoms with Crippen molar-refractivity contribution < 1.29 is 9.59 Å². The SMILES string of the molecule is Cc1ccc(NC(=O)CSc2ccccc2C(=O)N[C@H]2CCCNC2)cc1.Cl. The van der Waals surface area contributed by atoms with Crippen LogP contribution in [0.2, 0.25) is 0 Å². The van der Waals surface area contributed by atoms with E-state index in [1.807, 2.05) is 55.5 Å². The van der Waals surface area contributed by atoms with Gasteiger partial charge in [-0.05, 0) is 50.6 Å². The quantitative estimate of drug-likeness (QED) is 0.625. The van der Waals surface area contributed by atoms with E-state index in [0.29, 0.717) is 5.56 Å². The van der Waals surface area contributed by atoms with Gasteiger partial charge in [0.2, 0.25) is 5.91 Å². The van der Waals surface area contributed by atoms with Crippen LogP contribution in [0.3, 0.4) is 0 Å². The fraction of sp³-hybridized carbons (Fsp3) is 0.333. The monoisotopic (exact) mass is 419 g/mol. The number of carbonyl (C=O) groups excluding carboxylic acids is 2. The molecule has 2 aromatic carbocycles. The number of halogens is 1. The zero-order valence-electron chi connectivity index (χ0n) is 15.9. The number of rotatable bonds is 6. The topological polar surface area (TPSA) is 70.2 Å². The van der Waals surface area contributed by atoms with E-state index in [1.54, 1.807) is 0 Å². The van der Waals surface area contributed by atoms with Crippen LogP contribution >= 0.6 is 24.2 Å². The zero-order valence-corrected chi connectivity index (χ0v) is 17.5. The molecule has 0 radical (unpaired) electrons. The minimum Gasteiger partial charge on any atom is -0.348 e. The molecule has 7 heteroatoms. The van der Waals surface area contributed by atoms with Crippen molar-refractivity contribution >= 4 is 41.7 Å². The summed E-state index contributed by atoms with van der Waals surface area (Å²) < 4.78 is 0. The number of aryl methyl sites for hydroxylation is 1. The number of hydrogen-bond donors (Lipinski definition) is 3. The molecule has 1 aliphatic rings. The number of piperidine rings is 1. The molecule has 0 aromatic heterocycles. The van der Waals surface area contributed by atoms with Crippen molar-refractivity contribution in [2.24, 2.45) is 0 Å². The number of thioether (sulfide) groups is 1. The fourth-order valence-electron chi connectivity index (χ4n) is 3.00. The van der Waals surface area contributed by atoms with Crippen molar-refractivity contribution in [3.63, 3.8) is 0 Å². The summed E-state index contributed by atoms with van der Waals surface area (Å²) in [6, 6.07) is 15.3. The van der Waals surface area contributed by atoms with E-state index in [1.165, 1.54) is 11.8 Å². The second kappa shape index (κ2) is 11.1. The lowest BCUT2D eigenvalue weighted by atomic mass is 10.1. The summed E-state index contributed by atoms with van der Waals surface area (Å²) in [5.74, 6) is 0.0877. The highest BCUT2D eigenvalue weighted by atomic mass is 35.5. The zero-order chi connectivity index (χ0) is 19.1. The Morgan fingerprint density at radius 2 is 1.89 bits per heavy atom. The van der Waals surface area contributed by atoms with Crippen LogP contribution in [-0.2, 0) is 4.79 Å². The third-order valence-corrected chi connectivity index (χ3v) is 5.53. The Labute approximate surface area is 176 Å². The second-order valence-corrected chi connectivity index (χ2v) is 7.73. The number of hydrogen-bond acceptors (Lipinski definition) is 4. The predicted molar refractivity (Wildman–Crippen MR) is 118 cm³/mol. The van der Waals surface area contributed by atoms with Crippen LogP contribution in [0.1, 0.15) is 28.8 Å². The van der Waals surface area contributed by atoms with E-state index in [2.05, 4.69) is 16.0 Å². The molecule has 1 fully saturated rings. The number of anilines is 1. The van der Waals surface area contributed by atoms with Crippen LogP contribution in [0.4, 0.5) is 5.69 Å². The van der Waals surface area contributed by atoms with Crippen molar-refractivity contribution in [2.75, 3.05) is 24.2 Å². The maximum atomic E-state index is 12.6. The van der Waals surface area contributed by atoms with Gasteiger partial charge >= 0.3 is 0 Å². The van der Waals surface area contributed by atoms with Crippen molar-refractivity contribution in [1.82, 2.24) is 10.6 Å². The largest absolute Gasteiger partial charge is 0.348 e. The summed E-state index contributed by atoms with van der Waals surface area (Å²) >= 11 is 1.38. The highest BCUT2D eigenvalue weighted by molar-refractivity contribution is 8.00. The molecule has 150 valence electrons. The average molecular weight is 420 g/mol. The van der Waals surface area contributed by atoms with E-state index in [0.717, 1.165) is 42.1 Å². The molecule has 28 heavy (non-hydrogen) atoms. The first-order chi connectivity index (χ1) is 13.1. The molecule has 2 aromatic rings. The average Bonchev–Trinajstić information content (AvgIpc) is 2.69. The highest BCUT2D eigenvalue weighted by Gasteiger charge is 2.18. The Bertz CT molecular complexity index is 792. The third kappa shape index (κ3) is 6.55. The van der Waals surface area contributed by atoms with E-state index < -0.39 is 0 Å². The molecule has 1 atom stereocenters. The first kappa shape index (κ1) is 22.3. The Morgan fingerprint density at radius 3 is 2.61 bits per heavy atom. The van der Waals surface area contributed by atoms with Crippen LogP contribution < -0.4 is 16.0 Å². The molecule has 0 saturated carbocycles. The van der Waals surface area contributed by atoms with Gasteiger partial charge in [-0.2, -0.15) is 0 Å².